The van der Waals surface area contributed by atoms with Gasteiger partial charge in [0.1, 0.15) is 5.82 Å². The van der Waals surface area contributed by atoms with Crippen LogP contribution >= 0.6 is 15.9 Å². The summed E-state index contributed by atoms with van der Waals surface area (Å²) in [6.07, 6.45) is 7.40. The molecule has 0 amide bonds. The zero-order valence-corrected chi connectivity index (χ0v) is 7.71. The van der Waals surface area contributed by atoms with Gasteiger partial charge in [-0.1, -0.05) is 0 Å². The Bertz CT molecular complexity index is 241. The van der Waals surface area contributed by atoms with Gasteiger partial charge in [0.15, 0.2) is 0 Å². The summed E-state index contributed by atoms with van der Waals surface area (Å²) in [5.74, 6) is 1.85. The summed E-state index contributed by atoms with van der Waals surface area (Å²) >= 11 is 3.30. The summed E-state index contributed by atoms with van der Waals surface area (Å²) in [4.78, 5) is 8.40. The van der Waals surface area contributed by atoms with Crippen LogP contribution in [0.1, 0.15) is 18.7 Å². The Morgan fingerprint density at radius 2 is 2.00 bits per heavy atom. The maximum Gasteiger partial charge on any atom is 0.128 e. The van der Waals surface area contributed by atoms with Gasteiger partial charge in [-0.25, -0.2) is 9.97 Å². The van der Waals surface area contributed by atoms with Gasteiger partial charge >= 0.3 is 0 Å². The Labute approximate surface area is 74.2 Å². The van der Waals surface area contributed by atoms with Crippen molar-refractivity contribution in [1.29, 1.82) is 0 Å². The molecule has 11 heavy (non-hydrogen) atoms. The van der Waals surface area contributed by atoms with Crippen LogP contribution in [0.15, 0.2) is 16.9 Å². The smallest absolute Gasteiger partial charge is 0.128 e. The van der Waals surface area contributed by atoms with E-state index in [4.69, 9.17) is 0 Å². The summed E-state index contributed by atoms with van der Waals surface area (Å²) < 4.78 is 0.956. The van der Waals surface area contributed by atoms with Gasteiger partial charge in [-0.2, -0.15) is 0 Å². The number of nitrogens with zero attached hydrogens (tertiary/aromatic N) is 2. The zero-order valence-electron chi connectivity index (χ0n) is 6.13. The molecule has 0 N–H and O–H groups in total. The van der Waals surface area contributed by atoms with Crippen molar-refractivity contribution >= 4 is 15.9 Å². The number of hydrogen-bond acceptors (Lipinski definition) is 2. The summed E-state index contributed by atoms with van der Waals surface area (Å²) in [7, 11) is 0. The number of hydrogen-bond donors (Lipinski definition) is 0. The molecule has 0 radical (unpaired) electrons. The van der Waals surface area contributed by atoms with Gasteiger partial charge in [0.05, 0.1) is 4.47 Å². The first-order chi connectivity index (χ1) is 5.34. The molecule has 2 nitrogen and oxygen atoms in total. The van der Waals surface area contributed by atoms with Gasteiger partial charge in [0, 0.05) is 18.8 Å². The molecule has 0 bridgehead atoms. The molecule has 0 aliphatic heterocycles. The Balaban J connectivity index is 2.06. The normalized spacial score (nSPS) is 16.8. The number of rotatable bonds is 2. The quantitative estimate of drug-likeness (QED) is 0.752. The summed E-state index contributed by atoms with van der Waals surface area (Å²) in [6, 6.07) is 0. The Morgan fingerprint density at radius 3 is 2.55 bits per heavy atom. The van der Waals surface area contributed by atoms with Gasteiger partial charge in [-0.15, -0.1) is 0 Å². The van der Waals surface area contributed by atoms with E-state index in [-0.39, 0.29) is 0 Å². The van der Waals surface area contributed by atoms with E-state index >= 15 is 0 Å². The van der Waals surface area contributed by atoms with E-state index in [1.54, 1.807) is 0 Å². The lowest BCUT2D eigenvalue weighted by Gasteiger charge is -1.95. The second-order valence-corrected chi connectivity index (χ2v) is 3.88. The van der Waals surface area contributed by atoms with Crippen LogP contribution in [0.3, 0.4) is 0 Å². The van der Waals surface area contributed by atoms with Crippen LogP contribution < -0.4 is 0 Å². The first-order valence-corrected chi connectivity index (χ1v) is 4.60. The van der Waals surface area contributed by atoms with Crippen molar-refractivity contribution in [2.75, 3.05) is 0 Å². The third kappa shape index (κ3) is 1.99. The van der Waals surface area contributed by atoms with E-state index in [2.05, 4.69) is 25.9 Å². The van der Waals surface area contributed by atoms with Crippen LogP contribution in [-0.4, -0.2) is 9.97 Å². The number of halogens is 1. The van der Waals surface area contributed by atoms with E-state index in [0.29, 0.717) is 0 Å². The second-order valence-electron chi connectivity index (χ2n) is 2.97. The topological polar surface area (TPSA) is 25.8 Å². The van der Waals surface area contributed by atoms with Crippen molar-refractivity contribution < 1.29 is 0 Å². The molecule has 0 spiro atoms. The molecule has 2 rings (SSSR count). The Morgan fingerprint density at radius 1 is 1.36 bits per heavy atom. The predicted molar refractivity (Wildman–Crippen MR) is 46.2 cm³/mol. The van der Waals surface area contributed by atoms with Crippen LogP contribution in [0.4, 0.5) is 0 Å². The molecule has 3 heteroatoms. The Hall–Kier alpha value is -0.440. The minimum atomic E-state index is 0.871. The van der Waals surface area contributed by atoms with Crippen molar-refractivity contribution in [3.05, 3.63) is 22.7 Å². The fourth-order valence-electron chi connectivity index (χ4n) is 1.02. The number of aromatic nitrogens is 2. The molecule has 58 valence electrons. The van der Waals surface area contributed by atoms with Crippen LogP contribution in [0.25, 0.3) is 0 Å². The van der Waals surface area contributed by atoms with Gasteiger partial charge < -0.3 is 0 Å². The fraction of sp³-hybridized carbons (Fsp3) is 0.500. The highest BCUT2D eigenvalue weighted by molar-refractivity contribution is 9.10. The van der Waals surface area contributed by atoms with Crippen molar-refractivity contribution in [2.45, 2.75) is 19.3 Å². The summed E-state index contributed by atoms with van der Waals surface area (Å²) in [5.41, 5.74) is 0. The van der Waals surface area contributed by atoms with Crippen LogP contribution in [0, 0.1) is 5.92 Å². The van der Waals surface area contributed by atoms with Crippen LogP contribution in [0.5, 0.6) is 0 Å². The molecule has 0 atom stereocenters. The molecule has 1 fully saturated rings. The molecule has 0 unspecified atom stereocenters. The molecule has 1 saturated carbocycles. The first-order valence-electron chi connectivity index (χ1n) is 3.81. The molecule has 1 aromatic heterocycles. The van der Waals surface area contributed by atoms with Crippen LogP contribution in [0.2, 0.25) is 0 Å². The van der Waals surface area contributed by atoms with Gasteiger partial charge in [0.25, 0.3) is 0 Å². The average Bonchev–Trinajstić information content (AvgIpc) is 2.78. The highest BCUT2D eigenvalue weighted by atomic mass is 79.9. The van der Waals surface area contributed by atoms with E-state index < -0.39 is 0 Å². The summed E-state index contributed by atoms with van der Waals surface area (Å²) in [5, 5.41) is 0. The monoisotopic (exact) mass is 212 g/mol. The van der Waals surface area contributed by atoms with E-state index in [9.17, 15) is 0 Å². The minimum absolute atomic E-state index is 0.871. The summed E-state index contributed by atoms with van der Waals surface area (Å²) in [6.45, 7) is 0. The lowest BCUT2D eigenvalue weighted by Crippen LogP contribution is -1.94. The van der Waals surface area contributed by atoms with Gasteiger partial charge in [-0.3, -0.25) is 0 Å². The predicted octanol–water partition coefficient (Wildman–Crippen LogP) is 2.19. The SMILES string of the molecule is Brc1cnc(CC2CC2)nc1. The first kappa shape index (κ1) is 7.22. The average molecular weight is 213 g/mol. The molecular formula is C8H9BrN2. The van der Waals surface area contributed by atoms with Crippen molar-refractivity contribution in [2.24, 2.45) is 5.92 Å². The lowest BCUT2D eigenvalue weighted by atomic mass is 10.3. The van der Waals surface area contributed by atoms with Crippen LogP contribution in [-0.2, 0) is 6.42 Å². The minimum Gasteiger partial charge on any atom is -0.240 e. The van der Waals surface area contributed by atoms with Crippen molar-refractivity contribution in [3.8, 4) is 0 Å². The zero-order chi connectivity index (χ0) is 7.68. The lowest BCUT2D eigenvalue weighted by molar-refractivity contribution is 0.768. The standard InChI is InChI=1S/C8H9BrN2/c9-7-4-10-8(11-5-7)3-6-1-2-6/h4-6H,1-3H2. The third-order valence-electron chi connectivity index (χ3n) is 1.84. The van der Waals surface area contributed by atoms with Gasteiger partial charge in [0.2, 0.25) is 0 Å². The molecule has 1 aromatic rings. The largest absolute Gasteiger partial charge is 0.240 e. The second kappa shape index (κ2) is 2.89. The van der Waals surface area contributed by atoms with Crippen molar-refractivity contribution in [3.63, 3.8) is 0 Å². The van der Waals surface area contributed by atoms with E-state index in [0.717, 1.165) is 22.6 Å². The van der Waals surface area contributed by atoms with Gasteiger partial charge in [-0.05, 0) is 34.7 Å². The maximum absolute atomic E-state index is 4.20. The maximum atomic E-state index is 4.20. The molecule has 0 saturated heterocycles. The molecular weight excluding hydrogens is 204 g/mol. The molecule has 1 aliphatic carbocycles. The molecule has 1 heterocycles. The van der Waals surface area contributed by atoms with E-state index in [1.807, 2.05) is 12.4 Å². The Kier molecular flexibility index (Phi) is 1.90. The van der Waals surface area contributed by atoms with E-state index in [1.165, 1.54) is 12.8 Å². The third-order valence-corrected chi connectivity index (χ3v) is 2.25. The molecule has 1 aliphatic rings. The fourth-order valence-corrected chi connectivity index (χ4v) is 1.23. The molecule has 0 aromatic carbocycles. The highest BCUT2D eigenvalue weighted by Gasteiger charge is 2.22. The highest BCUT2D eigenvalue weighted by Crippen LogP contribution is 2.31. The van der Waals surface area contributed by atoms with Crippen molar-refractivity contribution in [1.82, 2.24) is 9.97 Å².